The lowest BCUT2D eigenvalue weighted by Crippen LogP contribution is -2.29. The smallest absolute Gasteiger partial charge is 0.209 e. The molecule has 0 saturated carbocycles. The van der Waals surface area contributed by atoms with Crippen LogP contribution >= 0.6 is 0 Å². The summed E-state index contributed by atoms with van der Waals surface area (Å²) in [5, 5.41) is 7.88. The average Bonchev–Trinajstić information content (AvgIpc) is 1.98. The van der Waals surface area contributed by atoms with Crippen LogP contribution in [-0.4, -0.2) is 52.8 Å². The highest BCUT2D eigenvalue weighted by Crippen LogP contribution is 1.89. The van der Waals surface area contributed by atoms with Gasteiger partial charge in [0.05, 0.1) is 5.75 Å². The number of nitrogens with zero attached hydrogens (tertiary/aromatic N) is 1. The number of nitrogens with two attached hydrogens (primary N) is 1. The van der Waals surface area contributed by atoms with Crippen molar-refractivity contribution < 1.29 is 8.42 Å². The molecule has 0 aliphatic heterocycles. The van der Waals surface area contributed by atoms with Gasteiger partial charge in [-0.3, -0.25) is 0 Å². The number of hydrogen-bond acceptors (Lipinski definition) is 4. The predicted molar refractivity (Wildman–Crippen MR) is 54.0 cm³/mol. The maximum Gasteiger partial charge on any atom is 0.209 e. The highest BCUT2D eigenvalue weighted by atomic mass is 32.2. The topological polar surface area (TPSA) is 75.4 Å². The average molecular weight is 209 g/mol. The summed E-state index contributed by atoms with van der Waals surface area (Å²) < 4.78 is 21.1. The molecule has 0 aromatic rings. The zero-order chi connectivity index (χ0) is 10.3. The molecular weight excluding hydrogens is 190 g/mol. The van der Waals surface area contributed by atoms with Crippen molar-refractivity contribution >= 4 is 10.0 Å². The molecule has 3 N–H and O–H groups in total. The highest BCUT2D eigenvalue weighted by molar-refractivity contribution is 7.89. The third kappa shape index (κ3) is 9.75. The number of likely N-dealkylation sites (N-methyl/N-ethyl adjacent to an activating group) is 2. The quantitative estimate of drug-likeness (QED) is 0.553. The standard InChI is InChI=1S/C7H19N3O2S/c1-9-4-6-10(2)5-3-7-13(8,11)12/h9H,3-7H2,1-2H3,(H2,8,11,12). The Balaban J connectivity index is 3.42. The van der Waals surface area contributed by atoms with Crippen LogP contribution in [0.4, 0.5) is 0 Å². The Labute approximate surface area is 80.3 Å². The fourth-order valence-electron chi connectivity index (χ4n) is 0.950. The van der Waals surface area contributed by atoms with E-state index in [0.29, 0.717) is 6.42 Å². The molecule has 0 amide bonds. The Morgan fingerprint density at radius 2 is 2.00 bits per heavy atom. The first-order chi connectivity index (χ1) is 5.95. The molecule has 0 aliphatic carbocycles. The van der Waals surface area contributed by atoms with Crippen molar-refractivity contribution in [3.8, 4) is 0 Å². The molecule has 0 heterocycles. The summed E-state index contributed by atoms with van der Waals surface area (Å²) in [5.74, 6) is 0.0664. The number of rotatable bonds is 7. The van der Waals surface area contributed by atoms with Crippen LogP contribution in [0.2, 0.25) is 0 Å². The van der Waals surface area contributed by atoms with Gasteiger partial charge in [0, 0.05) is 13.1 Å². The zero-order valence-corrected chi connectivity index (χ0v) is 9.10. The van der Waals surface area contributed by atoms with Gasteiger partial charge in [-0.15, -0.1) is 0 Å². The van der Waals surface area contributed by atoms with Gasteiger partial charge in [0.25, 0.3) is 0 Å². The Bertz CT molecular complexity index is 216. The molecule has 0 atom stereocenters. The lowest BCUT2D eigenvalue weighted by Gasteiger charge is -2.15. The summed E-state index contributed by atoms with van der Waals surface area (Å²) in [4.78, 5) is 2.07. The van der Waals surface area contributed by atoms with Gasteiger partial charge in [-0.1, -0.05) is 0 Å². The van der Waals surface area contributed by atoms with Crippen molar-refractivity contribution in [3.05, 3.63) is 0 Å². The summed E-state index contributed by atoms with van der Waals surface area (Å²) in [5.41, 5.74) is 0. The summed E-state index contributed by atoms with van der Waals surface area (Å²) in [6.07, 6.45) is 0.596. The van der Waals surface area contributed by atoms with E-state index >= 15 is 0 Å². The van der Waals surface area contributed by atoms with Crippen molar-refractivity contribution in [2.45, 2.75) is 6.42 Å². The van der Waals surface area contributed by atoms with E-state index in [-0.39, 0.29) is 5.75 Å². The van der Waals surface area contributed by atoms with Crippen LogP contribution in [-0.2, 0) is 10.0 Å². The van der Waals surface area contributed by atoms with E-state index in [1.54, 1.807) is 0 Å². The van der Waals surface area contributed by atoms with Crippen molar-refractivity contribution in [1.82, 2.24) is 10.2 Å². The minimum Gasteiger partial charge on any atom is -0.318 e. The molecule has 0 saturated heterocycles. The third-order valence-electron chi connectivity index (χ3n) is 1.71. The molecule has 0 unspecified atom stereocenters. The third-order valence-corrected chi connectivity index (χ3v) is 2.57. The van der Waals surface area contributed by atoms with E-state index in [1.807, 2.05) is 14.1 Å². The molecule has 6 heteroatoms. The van der Waals surface area contributed by atoms with Gasteiger partial charge in [-0.2, -0.15) is 0 Å². The molecule has 13 heavy (non-hydrogen) atoms. The summed E-state index contributed by atoms with van der Waals surface area (Å²) in [6.45, 7) is 2.59. The van der Waals surface area contributed by atoms with Crippen LogP contribution in [0.3, 0.4) is 0 Å². The van der Waals surface area contributed by atoms with Gasteiger partial charge in [0.1, 0.15) is 0 Å². The van der Waals surface area contributed by atoms with Crippen LogP contribution < -0.4 is 10.5 Å². The van der Waals surface area contributed by atoms with E-state index in [0.717, 1.165) is 19.6 Å². The minimum absolute atomic E-state index is 0.0664. The molecule has 0 aromatic heterocycles. The Hall–Kier alpha value is -0.170. The largest absolute Gasteiger partial charge is 0.318 e. The second-order valence-corrected chi connectivity index (χ2v) is 4.86. The molecule has 0 spiro atoms. The molecule has 0 fully saturated rings. The first kappa shape index (κ1) is 12.8. The van der Waals surface area contributed by atoms with Crippen LogP contribution in [0.1, 0.15) is 6.42 Å². The fourth-order valence-corrected chi connectivity index (χ4v) is 1.48. The van der Waals surface area contributed by atoms with E-state index in [1.165, 1.54) is 0 Å². The highest BCUT2D eigenvalue weighted by Gasteiger charge is 2.03. The Morgan fingerprint density at radius 3 is 2.46 bits per heavy atom. The monoisotopic (exact) mass is 209 g/mol. The molecule has 0 aliphatic rings. The Kier molecular flexibility index (Phi) is 6.23. The van der Waals surface area contributed by atoms with Crippen molar-refractivity contribution in [2.75, 3.05) is 39.5 Å². The molecular formula is C7H19N3O2S. The van der Waals surface area contributed by atoms with Gasteiger partial charge in [-0.25, -0.2) is 13.6 Å². The summed E-state index contributed by atoms with van der Waals surface area (Å²) in [6, 6.07) is 0. The first-order valence-electron chi connectivity index (χ1n) is 4.29. The van der Waals surface area contributed by atoms with Crippen LogP contribution in [0.5, 0.6) is 0 Å². The lowest BCUT2D eigenvalue weighted by molar-refractivity contribution is 0.336. The fraction of sp³-hybridized carbons (Fsp3) is 1.00. The van der Waals surface area contributed by atoms with Crippen LogP contribution in [0.25, 0.3) is 0 Å². The summed E-state index contributed by atoms with van der Waals surface area (Å²) in [7, 11) is 0.563. The second-order valence-electron chi connectivity index (χ2n) is 3.13. The van der Waals surface area contributed by atoms with Crippen LogP contribution in [0.15, 0.2) is 0 Å². The van der Waals surface area contributed by atoms with Gasteiger partial charge in [0.2, 0.25) is 10.0 Å². The van der Waals surface area contributed by atoms with Gasteiger partial charge < -0.3 is 10.2 Å². The Morgan fingerprint density at radius 1 is 1.38 bits per heavy atom. The maximum atomic E-state index is 10.6. The molecule has 0 aromatic carbocycles. The first-order valence-corrected chi connectivity index (χ1v) is 6.01. The lowest BCUT2D eigenvalue weighted by atomic mass is 10.4. The normalized spacial score (nSPS) is 12.3. The van der Waals surface area contributed by atoms with Gasteiger partial charge in [-0.05, 0) is 27.1 Å². The minimum atomic E-state index is -3.28. The summed E-state index contributed by atoms with van der Waals surface area (Å²) >= 11 is 0. The van der Waals surface area contributed by atoms with E-state index in [2.05, 4.69) is 10.2 Å². The SMILES string of the molecule is CNCCN(C)CCCS(N)(=O)=O. The molecule has 0 rings (SSSR count). The maximum absolute atomic E-state index is 10.6. The number of primary sulfonamides is 1. The van der Waals surface area contributed by atoms with E-state index < -0.39 is 10.0 Å². The van der Waals surface area contributed by atoms with Gasteiger partial charge >= 0.3 is 0 Å². The van der Waals surface area contributed by atoms with Gasteiger partial charge in [0.15, 0.2) is 0 Å². The van der Waals surface area contributed by atoms with Crippen molar-refractivity contribution in [1.29, 1.82) is 0 Å². The van der Waals surface area contributed by atoms with E-state index in [4.69, 9.17) is 5.14 Å². The number of nitrogens with one attached hydrogen (secondary N) is 1. The molecule has 5 nitrogen and oxygen atoms in total. The number of sulfonamides is 1. The zero-order valence-electron chi connectivity index (χ0n) is 8.28. The molecule has 80 valence electrons. The van der Waals surface area contributed by atoms with E-state index in [9.17, 15) is 8.42 Å². The second kappa shape index (κ2) is 6.31. The van der Waals surface area contributed by atoms with Crippen molar-refractivity contribution in [3.63, 3.8) is 0 Å². The van der Waals surface area contributed by atoms with Crippen molar-refractivity contribution in [2.24, 2.45) is 5.14 Å². The molecule has 0 bridgehead atoms. The number of hydrogen-bond donors (Lipinski definition) is 2. The molecule has 0 radical (unpaired) electrons. The van der Waals surface area contributed by atoms with Crippen LogP contribution in [0, 0.1) is 0 Å². The predicted octanol–water partition coefficient (Wildman–Crippen LogP) is -1.18.